The lowest BCUT2D eigenvalue weighted by atomic mass is 10.0. The van der Waals surface area contributed by atoms with E-state index in [-0.39, 0.29) is 22.8 Å². The van der Waals surface area contributed by atoms with Crippen molar-refractivity contribution in [3.8, 4) is 11.5 Å². The first kappa shape index (κ1) is 14.8. The highest BCUT2D eigenvalue weighted by Crippen LogP contribution is 2.30. The van der Waals surface area contributed by atoms with E-state index in [0.29, 0.717) is 24.7 Å². The molecule has 0 atom stereocenters. The molecular formula is C17H16O4. The van der Waals surface area contributed by atoms with E-state index < -0.39 is 0 Å². The molecule has 108 valence electrons. The quantitative estimate of drug-likeness (QED) is 0.654. The molecule has 0 aliphatic heterocycles. The maximum absolute atomic E-state index is 12.0. The fraction of sp³-hybridized carbons (Fsp3) is 0.176. The summed E-state index contributed by atoms with van der Waals surface area (Å²) in [7, 11) is 1.42. The van der Waals surface area contributed by atoms with Crippen LogP contribution in [-0.4, -0.2) is 24.3 Å². The molecule has 0 bridgehead atoms. The van der Waals surface area contributed by atoms with Crippen LogP contribution in [0, 0.1) is 0 Å². The summed E-state index contributed by atoms with van der Waals surface area (Å²) in [6.07, 6.45) is 1.38. The second kappa shape index (κ2) is 6.70. The minimum atomic E-state index is -0.175. The van der Waals surface area contributed by atoms with E-state index >= 15 is 0 Å². The standard InChI is InChI=1S/C17H16O4/c1-21-16-10-12(9-14(11-18)17(16)20)7-8-15(19)13-5-3-2-4-6-13/h2-6,9-11,20H,7-8H2,1H3. The molecule has 2 rings (SSSR count). The third-order valence-electron chi connectivity index (χ3n) is 3.25. The molecule has 0 saturated heterocycles. The van der Waals surface area contributed by atoms with Gasteiger partial charge in [-0.1, -0.05) is 30.3 Å². The van der Waals surface area contributed by atoms with Crippen LogP contribution in [0.5, 0.6) is 11.5 Å². The average Bonchev–Trinajstić information content (AvgIpc) is 2.54. The molecule has 0 fully saturated rings. The van der Waals surface area contributed by atoms with Crippen LogP contribution in [0.2, 0.25) is 0 Å². The number of hydrogen-bond donors (Lipinski definition) is 1. The van der Waals surface area contributed by atoms with Crippen molar-refractivity contribution in [3.63, 3.8) is 0 Å². The first-order chi connectivity index (χ1) is 10.2. The highest BCUT2D eigenvalue weighted by atomic mass is 16.5. The Bertz CT molecular complexity index is 647. The fourth-order valence-corrected chi connectivity index (χ4v) is 2.10. The lowest BCUT2D eigenvalue weighted by molar-refractivity contribution is 0.0982. The summed E-state index contributed by atoms with van der Waals surface area (Å²) in [6, 6.07) is 12.3. The van der Waals surface area contributed by atoms with Crippen LogP contribution in [0.25, 0.3) is 0 Å². The van der Waals surface area contributed by atoms with Gasteiger partial charge in [0.05, 0.1) is 12.7 Å². The molecule has 2 aromatic carbocycles. The summed E-state index contributed by atoms with van der Waals surface area (Å²) >= 11 is 0. The van der Waals surface area contributed by atoms with Crippen LogP contribution < -0.4 is 4.74 Å². The summed E-state index contributed by atoms with van der Waals surface area (Å²) in [5, 5.41) is 9.75. The van der Waals surface area contributed by atoms with Crippen LogP contribution >= 0.6 is 0 Å². The van der Waals surface area contributed by atoms with E-state index in [1.807, 2.05) is 18.2 Å². The molecule has 0 unspecified atom stereocenters. The van der Waals surface area contributed by atoms with Crippen LogP contribution in [0.3, 0.4) is 0 Å². The zero-order valence-corrected chi connectivity index (χ0v) is 11.7. The van der Waals surface area contributed by atoms with Crippen molar-refractivity contribution in [2.24, 2.45) is 0 Å². The van der Waals surface area contributed by atoms with E-state index in [4.69, 9.17) is 4.74 Å². The molecule has 21 heavy (non-hydrogen) atoms. The molecule has 0 aromatic heterocycles. The van der Waals surface area contributed by atoms with Gasteiger partial charge in [0.15, 0.2) is 23.6 Å². The van der Waals surface area contributed by atoms with Crippen molar-refractivity contribution >= 4 is 12.1 Å². The smallest absolute Gasteiger partial charge is 0.168 e. The predicted molar refractivity (Wildman–Crippen MR) is 79.1 cm³/mol. The van der Waals surface area contributed by atoms with E-state index in [9.17, 15) is 14.7 Å². The van der Waals surface area contributed by atoms with Gasteiger partial charge in [-0.3, -0.25) is 9.59 Å². The molecular weight excluding hydrogens is 268 g/mol. The highest BCUT2D eigenvalue weighted by Gasteiger charge is 2.11. The Balaban J connectivity index is 2.13. The normalized spacial score (nSPS) is 10.1. The Morgan fingerprint density at radius 3 is 2.57 bits per heavy atom. The Hall–Kier alpha value is -2.62. The lowest BCUT2D eigenvalue weighted by Crippen LogP contribution is -2.01. The first-order valence-corrected chi connectivity index (χ1v) is 6.59. The Labute approximate surface area is 123 Å². The molecule has 0 aliphatic rings. The van der Waals surface area contributed by atoms with E-state index in [0.717, 1.165) is 5.56 Å². The average molecular weight is 284 g/mol. The van der Waals surface area contributed by atoms with E-state index in [2.05, 4.69) is 0 Å². The Kier molecular flexibility index (Phi) is 4.72. The molecule has 0 amide bonds. The topological polar surface area (TPSA) is 63.6 Å². The summed E-state index contributed by atoms with van der Waals surface area (Å²) in [6.45, 7) is 0. The molecule has 0 spiro atoms. The van der Waals surface area contributed by atoms with Gasteiger partial charge in [0, 0.05) is 12.0 Å². The lowest BCUT2D eigenvalue weighted by Gasteiger charge is -2.09. The molecule has 1 N–H and O–H groups in total. The predicted octanol–water partition coefficient (Wildman–Crippen LogP) is 3.03. The summed E-state index contributed by atoms with van der Waals surface area (Å²) in [5.41, 5.74) is 1.60. The highest BCUT2D eigenvalue weighted by molar-refractivity contribution is 5.96. The third-order valence-corrected chi connectivity index (χ3v) is 3.25. The number of aromatic hydroxyl groups is 1. The molecule has 2 aromatic rings. The number of hydrogen-bond acceptors (Lipinski definition) is 4. The van der Waals surface area contributed by atoms with Crippen LogP contribution in [0.15, 0.2) is 42.5 Å². The van der Waals surface area contributed by atoms with Gasteiger partial charge in [-0.15, -0.1) is 0 Å². The Morgan fingerprint density at radius 2 is 1.95 bits per heavy atom. The number of methoxy groups -OCH3 is 1. The Morgan fingerprint density at radius 1 is 1.24 bits per heavy atom. The second-order valence-corrected chi connectivity index (χ2v) is 4.64. The zero-order chi connectivity index (χ0) is 15.2. The number of ether oxygens (including phenoxy) is 1. The van der Waals surface area contributed by atoms with Crippen molar-refractivity contribution in [2.45, 2.75) is 12.8 Å². The number of Topliss-reactive ketones (excluding diaryl/α,β-unsaturated/α-hetero) is 1. The minimum absolute atomic E-state index is 0.0373. The monoisotopic (exact) mass is 284 g/mol. The van der Waals surface area contributed by atoms with Gasteiger partial charge in [-0.05, 0) is 24.1 Å². The minimum Gasteiger partial charge on any atom is -0.504 e. The number of carbonyl (C=O) groups excluding carboxylic acids is 2. The van der Waals surface area contributed by atoms with Gasteiger partial charge < -0.3 is 9.84 Å². The van der Waals surface area contributed by atoms with Gasteiger partial charge in [-0.2, -0.15) is 0 Å². The van der Waals surface area contributed by atoms with Crippen LogP contribution in [0.1, 0.15) is 32.7 Å². The van der Waals surface area contributed by atoms with Crippen molar-refractivity contribution in [3.05, 3.63) is 59.2 Å². The third kappa shape index (κ3) is 3.48. The first-order valence-electron chi connectivity index (χ1n) is 6.59. The molecule has 4 heteroatoms. The second-order valence-electron chi connectivity index (χ2n) is 4.64. The molecule has 0 aliphatic carbocycles. The number of aldehydes is 1. The summed E-state index contributed by atoms with van der Waals surface area (Å²) < 4.78 is 5.03. The number of phenols is 1. The van der Waals surface area contributed by atoms with Crippen molar-refractivity contribution in [1.82, 2.24) is 0 Å². The van der Waals surface area contributed by atoms with Crippen LogP contribution in [0.4, 0.5) is 0 Å². The maximum Gasteiger partial charge on any atom is 0.168 e. The van der Waals surface area contributed by atoms with Gasteiger partial charge in [0.2, 0.25) is 0 Å². The molecule has 0 radical (unpaired) electrons. The van der Waals surface area contributed by atoms with Crippen molar-refractivity contribution < 1.29 is 19.4 Å². The molecule has 0 heterocycles. The maximum atomic E-state index is 12.0. The van der Waals surface area contributed by atoms with Crippen molar-refractivity contribution in [1.29, 1.82) is 0 Å². The van der Waals surface area contributed by atoms with Crippen molar-refractivity contribution in [2.75, 3.05) is 7.11 Å². The SMILES string of the molecule is COc1cc(CCC(=O)c2ccccc2)cc(C=O)c1O. The van der Waals surface area contributed by atoms with E-state index in [1.54, 1.807) is 24.3 Å². The van der Waals surface area contributed by atoms with Gasteiger partial charge in [0.1, 0.15) is 0 Å². The number of phenolic OH excluding ortho intramolecular Hbond substituents is 1. The van der Waals surface area contributed by atoms with Gasteiger partial charge in [0.25, 0.3) is 0 Å². The van der Waals surface area contributed by atoms with E-state index in [1.165, 1.54) is 7.11 Å². The fourth-order valence-electron chi connectivity index (χ4n) is 2.10. The largest absolute Gasteiger partial charge is 0.504 e. The number of rotatable bonds is 6. The summed E-state index contributed by atoms with van der Waals surface area (Å²) in [5.74, 6) is 0.0997. The zero-order valence-electron chi connectivity index (χ0n) is 11.7. The number of benzene rings is 2. The number of aryl methyl sites for hydroxylation is 1. The van der Waals surface area contributed by atoms with Crippen LogP contribution in [-0.2, 0) is 6.42 Å². The van der Waals surface area contributed by atoms with Gasteiger partial charge in [-0.25, -0.2) is 0 Å². The molecule has 4 nitrogen and oxygen atoms in total. The summed E-state index contributed by atoms with van der Waals surface area (Å²) in [4.78, 5) is 23.0. The molecule has 0 saturated carbocycles. The van der Waals surface area contributed by atoms with Gasteiger partial charge >= 0.3 is 0 Å². The number of ketones is 1. The number of carbonyl (C=O) groups is 2.